The Morgan fingerprint density at radius 3 is 2.30 bits per heavy atom. The van der Waals surface area contributed by atoms with Gasteiger partial charge in [0.25, 0.3) is 0 Å². The van der Waals surface area contributed by atoms with Gasteiger partial charge in [-0.05, 0) is 66.4 Å². The van der Waals surface area contributed by atoms with Crippen LogP contribution in [0, 0.1) is 5.82 Å². The molecule has 2 aromatic carbocycles. The summed E-state index contributed by atoms with van der Waals surface area (Å²) in [5.74, 6) is 0.999. The summed E-state index contributed by atoms with van der Waals surface area (Å²) in [5.41, 5.74) is 4.44. The Kier molecular flexibility index (Phi) is 5.61. The largest absolute Gasteiger partial charge is 0.493 e. The molecule has 1 heterocycles. The van der Waals surface area contributed by atoms with Crippen molar-refractivity contribution < 1.29 is 23.2 Å². The Hall–Kier alpha value is -3.47. The van der Waals surface area contributed by atoms with Crippen LogP contribution in [0.1, 0.15) is 33.5 Å². The molecule has 0 fully saturated rings. The Morgan fingerprint density at radius 2 is 1.63 bits per heavy atom. The smallest absolute Gasteiger partial charge is 0.189 e. The topological polar surface area (TPSA) is 39.4 Å². The second kappa shape index (κ2) is 8.49. The van der Waals surface area contributed by atoms with Crippen molar-refractivity contribution in [1.82, 2.24) is 0 Å². The third kappa shape index (κ3) is 4.10. The van der Waals surface area contributed by atoms with Crippen LogP contribution in [0.3, 0.4) is 0 Å². The summed E-state index contributed by atoms with van der Waals surface area (Å²) in [4.78, 5) is 13.0. The molecule has 0 saturated carbocycles. The van der Waals surface area contributed by atoms with Gasteiger partial charge in [0.2, 0.25) is 0 Å². The number of carbonyl (C=O) groups excluding carboxylic acids is 1. The number of allylic oxidation sites excluding steroid dienone is 1. The van der Waals surface area contributed by atoms with Crippen LogP contribution in [0.25, 0.3) is 6.08 Å². The Labute approximate surface area is 175 Å². The highest BCUT2D eigenvalue weighted by Crippen LogP contribution is 2.35. The van der Waals surface area contributed by atoms with Crippen LogP contribution in [0.4, 0.5) is 4.39 Å². The fourth-order valence-electron chi connectivity index (χ4n) is 3.71. The maximum absolute atomic E-state index is 13.1. The molecule has 0 atom stereocenters. The predicted molar refractivity (Wildman–Crippen MR) is 112 cm³/mol. The van der Waals surface area contributed by atoms with E-state index in [-0.39, 0.29) is 11.6 Å². The van der Waals surface area contributed by atoms with Crippen LogP contribution in [-0.4, -0.2) is 20.0 Å². The third-order valence-electron chi connectivity index (χ3n) is 5.35. The van der Waals surface area contributed by atoms with Gasteiger partial charge in [-0.2, -0.15) is 0 Å². The maximum atomic E-state index is 13.1. The first kappa shape index (κ1) is 19.8. The number of rotatable bonds is 5. The van der Waals surface area contributed by atoms with Gasteiger partial charge in [0.1, 0.15) is 5.82 Å². The van der Waals surface area contributed by atoms with E-state index >= 15 is 0 Å². The van der Waals surface area contributed by atoms with Crippen molar-refractivity contribution >= 4 is 11.9 Å². The molecule has 5 heteroatoms. The molecule has 152 valence electrons. The molecule has 1 aliphatic carbocycles. The average molecular weight is 404 g/mol. The SMILES string of the molecule is COc1cc2c(cc1OC)C(=O)C(=Cc1cc[n+](Cc3ccc(F)cc3)cc1)CC2. The molecule has 0 bridgehead atoms. The molecule has 0 saturated heterocycles. The first-order valence-corrected chi connectivity index (χ1v) is 9.81. The number of pyridine rings is 1. The fourth-order valence-corrected chi connectivity index (χ4v) is 3.71. The van der Waals surface area contributed by atoms with Crippen molar-refractivity contribution in [2.75, 3.05) is 14.2 Å². The van der Waals surface area contributed by atoms with Crippen molar-refractivity contribution in [3.05, 3.63) is 94.6 Å². The van der Waals surface area contributed by atoms with Crippen LogP contribution in [0.2, 0.25) is 0 Å². The number of nitrogens with zero attached hydrogens (tertiary/aromatic N) is 1. The van der Waals surface area contributed by atoms with Crippen LogP contribution in [0.5, 0.6) is 11.5 Å². The first-order valence-electron chi connectivity index (χ1n) is 9.81. The predicted octanol–water partition coefficient (Wildman–Crippen LogP) is 4.39. The van der Waals surface area contributed by atoms with E-state index < -0.39 is 0 Å². The van der Waals surface area contributed by atoms with Gasteiger partial charge in [-0.15, -0.1) is 0 Å². The van der Waals surface area contributed by atoms with E-state index in [0.29, 0.717) is 30.0 Å². The molecule has 3 aromatic rings. The third-order valence-corrected chi connectivity index (χ3v) is 5.35. The van der Waals surface area contributed by atoms with Crippen LogP contribution in [-0.2, 0) is 13.0 Å². The van der Waals surface area contributed by atoms with Gasteiger partial charge in [0.05, 0.1) is 14.2 Å². The zero-order valence-electron chi connectivity index (χ0n) is 17.0. The number of ether oxygens (including phenoxy) is 2. The second-order valence-electron chi connectivity index (χ2n) is 7.29. The molecular weight excluding hydrogens is 381 g/mol. The van der Waals surface area contributed by atoms with Crippen molar-refractivity contribution in [3.8, 4) is 11.5 Å². The van der Waals surface area contributed by atoms with E-state index in [1.807, 2.05) is 41.2 Å². The molecule has 0 aliphatic heterocycles. The van der Waals surface area contributed by atoms with E-state index in [1.165, 1.54) is 12.1 Å². The molecule has 4 rings (SSSR count). The van der Waals surface area contributed by atoms with Gasteiger partial charge in [-0.3, -0.25) is 4.79 Å². The summed E-state index contributed by atoms with van der Waals surface area (Å²) in [5, 5.41) is 0. The molecular formula is C25H23FNO3+. The Morgan fingerprint density at radius 1 is 0.967 bits per heavy atom. The molecule has 0 unspecified atom stereocenters. The van der Waals surface area contributed by atoms with Crippen molar-refractivity contribution in [2.45, 2.75) is 19.4 Å². The van der Waals surface area contributed by atoms with Crippen molar-refractivity contribution in [3.63, 3.8) is 0 Å². The van der Waals surface area contributed by atoms with Crippen LogP contribution >= 0.6 is 0 Å². The average Bonchev–Trinajstić information content (AvgIpc) is 2.77. The molecule has 0 spiro atoms. The summed E-state index contributed by atoms with van der Waals surface area (Å²) < 4.78 is 25.8. The van der Waals surface area contributed by atoms with Crippen molar-refractivity contribution in [2.24, 2.45) is 0 Å². The minimum absolute atomic E-state index is 0.0280. The lowest BCUT2D eigenvalue weighted by Crippen LogP contribution is -2.33. The quantitative estimate of drug-likeness (QED) is 0.468. The van der Waals surface area contributed by atoms with Gasteiger partial charge >= 0.3 is 0 Å². The van der Waals surface area contributed by atoms with Gasteiger partial charge in [-0.25, -0.2) is 8.96 Å². The monoisotopic (exact) mass is 404 g/mol. The lowest BCUT2D eigenvalue weighted by Gasteiger charge is -2.20. The number of carbonyl (C=O) groups is 1. The molecule has 4 nitrogen and oxygen atoms in total. The van der Waals surface area contributed by atoms with Crippen LogP contribution < -0.4 is 14.0 Å². The number of fused-ring (bicyclic) bond motifs is 1. The molecule has 30 heavy (non-hydrogen) atoms. The fraction of sp³-hybridized carbons (Fsp3) is 0.200. The number of Topliss-reactive ketones (excluding diaryl/α,β-unsaturated/α-hetero) is 1. The Balaban J connectivity index is 1.54. The minimum atomic E-state index is -0.236. The normalized spacial score (nSPS) is 14.5. The van der Waals surface area contributed by atoms with Gasteiger partial charge < -0.3 is 9.47 Å². The number of ketones is 1. The number of halogens is 1. The summed E-state index contributed by atoms with van der Waals surface area (Å²) >= 11 is 0. The van der Waals surface area contributed by atoms with Gasteiger partial charge in [0.15, 0.2) is 36.2 Å². The molecule has 0 N–H and O–H groups in total. The van der Waals surface area contributed by atoms with Crippen molar-refractivity contribution in [1.29, 1.82) is 0 Å². The second-order valence-corrected chi connectivity index (χ2v) is 7.29. The van der Waals surface area contributed by atoms with E-state index in [1.54, 1.807) is 32.4 Å². The zero-order valence-corrected chi connectivity index (χ0v) is 17.0. The summed E-state index contributed by atoms with van der Waals surface area (Å²) in [6.45, 7) is 0.658. The van der Waals surface area contributed by atoms with E-state index in [2.05, 4.69) is 0 Å². The maximum Gasteiger partial charge on any atom is 0.189 e. The molecule has 0 radical (unpaired) electrons. The first-order chi connectivity index (χ1) is 14.6. The van der Waals surface area contributed by atoms with E-state index in [0.717, 1.165) is 28.7 Å². The number of aryl methyl sites for hydroxylation is 1. The number of methoxy groups -OCH3 is 2. The van der Waals surface area contributed by atoms with E-state index in [4.69, 9.17) is 9.47 Å². The number of hydrogen-bond acceptors (Lipinski definition) is 3. The van der Waals surface area contributed by atoms with Gasteiger partial charge in [0, 0.05) is 28.8 Å². The molecule has 0 amide bonds. The number of benzene rings is 2. The Bertz CT molecular complexity index is 1100. The van der Waals surface area contributed by atoms with Crippen LogP contribution in [0.15, 0.2) is 66.5 Å². The highest BCUT2D eigenvalue weighted by molar-refractivity contribution is 6.13. The summed E-state index contributed by atoms with van der Waals surface area (Å²) in [6, 6.07) is 14.1. The minimum Gasteiger partial charge on any atom is -0.493 e. The summed E-state index contributed by atoms with van der Waals surface area (Å²) in [7, 11) is 3.16. The van der Waals surface area contributed by atoms with E-state index in [9.17, 15) is 9.18 Å². The highest BCUT2D eigenvalue weighted by atomic mass is 19.1. The van der Waals surface area contributed by atoms with Gasteiger partial charge in [-0.1, -0.05) is 0 Å². The lowest BCUT2D eigenvalue weighted by molar-refractivity contribution is -0.688. The molecule has 1 aliphatic rings. The number of aromatic nitrogens is 1. The molecule has 1 aromatic heterocycles. The summed E-state index contributed by atoms with van der Waals surface area (Å²) in [6.07, 6.45) is 7.34. The highest BCUT2D eigenvalue weighted by Gasteiger charge is 2.24. The standard InChI is InChI=1S/C25H23FNO3/c1-29-23-14-19-5-6-20(25(28)22(19)15-24(23)30-2)13-17-9-11-27(12-10-17)16-18-3-7-21(26)8-4-18/h3-4,7-15H,5-6,16H2,1-2H3/q+1. The number of hydrogen-bond donors (Lipinski definition) is 0. The lowest BCUT2D eigenvalue weighted by atomic mass is 9.85. The zero-order chi connectivity index (χ0) is 21.1.